The first-order valence-electron chi connectivity index (χ1n) is 8.44. The summed E-state index contributed by atoms with van der Waals surface area (Å²) in [4.78, 5) is 12.3. The van der Waals surface area contributed by atoms with E-state index in [4.69, 9.17) is 16.3 Å². The van der Waals surface area contributed by atoms with Crippen LogP contribution >= 0.6 is 11.6 Å². The van der Waals surface area contributed by atoms with E-state index >= 15 is 0 Å². The summed E-state index contributed by atoms with van der Waals surface area (Å²) in [6, 6.07) is 18.8. The molecule has 3 aromatic rings. The summed E-state index contributed by atoms with van der Waals surface area (Å²) in [5, 5.41) is 5.21. The SMILES string of the molecule is CC(C)(C)CC(=O)Oc1cc(-c2ccccc2)nn1-c1cccc(Cl)c1. The van der Waals surface area contributed by atoms with E-state index in [0.29, 0.717) is 17.3 Å². The van der Waals surface area contributed by atoms with Crippen molar-refractivity contribution in [3.8, 4) is 22.8 Å². The third kappa shape index (κ3) is 4.52. The quantitative estimate of drug-likeness (QED) is 0.568. The van der Waals surface area contributed by atoms with E-state index in [2.05, 4.69) is 5.10 Å². The second-order valence-electron chi connectivity index (χ2n) is 7.34. The van der Waals surface area contributed by atoms with Crippen LogP contribution in [0.4, 0.5) is 0 Å². The molecule has 0 N–H and O–H groups in total. The molecule has 4 nitrogen and oxygen atoms in total. The number of rotatable bonds is 4. The Morgan fingerprint density at radius 3 is 2.46 bits per heavy atom. The Bertz CT molecular complexity index is 911. The molecule has 0 aliphatic heterocycles. The first-order valence-corrected chi connectivity index (χ1v) is 8.82. The molecule has 3 rings (SSSR count). The molecule has 0 spiro atoms. The van der Waals surface area contributed by atoms with Crippen molar-refractivity contribution in [3.63, 3.8) is 0 Å². The molecule has 0 amide bonds. The maximum absolute atomic E-state index is 12.3. The van der Waals surface area contributed by atoms with Gasteiger partial charge in [0.15, 0.2) is 0 Å². The van der Waals surface area contributed by atoms with Gasteiger partial charge in [-0.05, 0) is 23.6 Å². The van der Waals surface area contributed by atoms with Gasteiger partial charge in [0.25, 0.3) is 0 Å². The molecule has 2 aromatic carbocycles. The van der Waals surface area contributed by atoms with Gasteiger partial charge >= 0.3 is 5.97 Å². The highest BCUT2D eigenvalue weighted by atomic mass is 35.5. The Morgan fingerprint density at radius 1 is 1.08 bits per heavy atom. The molecule has 26 heavy (non-hydrogen) atoms. The predicted octanol–water partition coefficient (Wildman–Crippen LogP) is 5.53. The van der Waals surface area contributed by atoms with Gasteiger partial charge in [0.05, 0.1) is 17.8 Å². The number of carbonyl (C=O) groups is 1. The zero-order valence-electron chi connectivity index (χ0n) is 15.1. The zero-order chi connectivity index (χ0) is 18.7. The Balaban J connectivity index is 2.01. The predicted molar refractivity (Wildman–Crippen MR) is 104 cm³/mol. The maximum Gasteiger partial charge on any atom is 0.313 e. The number of aromatic nitrogens is 2. The van der Waals surface area contributed by atoms with Crippen molar-refractivity contribution < 1.29 is 9.53 Å². The van der Waals surface area contributed by atoms with Gasteiger partial charge in [-0.2, -0.15) is 9.78 Å². The van der Waals surface area contributed by atoms with E-state index in [-0.39, 0.29) is 11.4 Å². The molecule has 0 saturated heterocycles. The number of esters is 1. The fourth-order valence-electron chi connectivity index (χ4n) is 2.57. The molecule has 0 radical (unpaired) electrons. The van der Waals surface area contributed by atoms with Crippen molar-refractivity contribution in [1.82, 2.24) is 9.78 Å². The molecular weight excluding hydrogens is 348 g/mol. The van der Waals surface area contributed by atoms with Crippen molar-refractivity contribution in [2.75, 3.05) is 0 Å². The van der Waals surface area contributed by atoms with Crippen LogP contribution < -0.4 is 4.74 Å². The molecule has 0 saturated carbocycles. The molecule has 0 unspecified atom stereocenters. The minimum Gasteiger partial charge on any atom is -0.407 e. The molecular formula is C21H21ClN2O2. The average Bonchev–Trinajstić information content (AvgIpc) is 2.97. The monoisotopic (exact) mass is 368 g/mol. The van der Waals surface area contributed by atoms with E-state index in [9.17, 15) is 4.79 Å². The molecule has 5 heteroatoms. The van der Waals surface area contributed by atoms with Crippen molar-refractivity contribution in [2.24, 2.45) is 5.41 Å². The summed E-state index contributed by atoms with van der Waals surface area (Å²) in [6.45, 7) is 5.99. The molecule has 0 aliphatic carbocycles. The summed E-state index contributed by atoms with van der Waals surface area (Å²) in [5.41, 5.74) is 2.25. The number of benzene rings is 2. The van der Waals surface area contributed by atoms with Gasteiger partial charge in [-0.25, -0.2) is 0 Å². The van der Waals surface area contributed by atoms with Gasteiger partial charge in [0, 0.05) is 16.7 Å². The Hall–Kier alpha value is -2.59. The van der Waals surface area contributed by atoms with Crippen molar-refractivity contribution in [1.29, 1.82) is 0 Å². The average molecular weight is 369 g/mol. The van der Waals surface area contributed by atoms with Crippen LogP contribution in [0.1, 0.15) is 27.2 Å². The second-order valence-corrected chi connectivity index (χ2v) is 7.77. The summed E-state index contributed by atoms with van der Waals surface area (Å²) < 4.78 is 7.24. The zero-order valence-corrected chi connectivity index (χ0v) is 15.8. The van der Waals surface area contributed by atoms with Crippen LogP contribution in [0, 0.1) is 5.41 Å². The van der Waals surface area contributed by atoms with Gasteiger partial charge < -0.3 is 4.74 Å². The van der Waals surface area contributed by atoms with E-state index in [0.717, 1.165) is 16.9 Å². The second kappa shape index (κ2) is 7.34. The molecule has 134 valence electrons. The lowest BCUT2D eigenvalue weighted by Gasteiger charge is -2.16. The smallest absolute Gasteiger partial charge is 0.313 e. The third-order valence-electron chi connectivity index (χ3n) is 3.69. The summed E-state index contributed by atoms with van der Waals surface area (Å²) >= 11 is 6.11. The number of hydrogen-bond donors (Lipinski definition) is 0. The number of hydrogen-bond acceptors (Lipinski definition) is 3. The molecule has 0 atom stereocenters. The summed E-state index contributed by atoms with van der Waals surface area (Å²) in [7, 11) is 0. The Labute approximate surface area is 158 Å². The van der Waals surface area contributed by atoms with E-state index in [1.54, 1.807) is 22.9 Å². The molecule has 0 aliphatic rings. The largest absolute Gasteiger partial charge is 0.407 e. The van der Waals surface area contributed by atoms with Gasteiger partial charge in [-0.1, -0.05) is 68.8 Å². The van der Waals surface area contributed by atoms with Gasteiger partial charge in [0.2, 0.25) is 5.88 Å². The van der Waals surface area contributed by atoms with Crippen LogP contribution in [0.25, 0.3) is 16.9 Å². The lowest BCUT2D eigenvalue weighted by Crippen LogP contribution is -2.18. The third-order valence-corrected chi connectivity index (χ3v) is 3.93. The van der Waals surface area contributed by atoms with Crippen molar-refractivity contribution >= 4 is 17.6 Å². The van der Waals surface area contributed by atoms with Crippen LogP contribution in [0.3, 0.4) is 0 Å². The normalized spacial score (nSPS) is 11.4. The van der Waals surface area contributed by atoms with E-state index in [1.807, 2.05) is 63.2 Å². The number of halogens is 1. The van der Waals surface area contributed by atoms with E-state index in [1.165, 1.54) is 0 Å². The van der Waals surface area contributed by atoms with Crippen LogP contribution in [0.15, 0.2) is 60.7 Å². The fourth-order valence-corrected chi connectivity index (χ4v) is 2.75. The molecule has 0 fully saturated rings. The number of carbonyl (C=O) groups excluding carboxylic acids is 1. The molecule has 0 bridgehead atoms. The maximum atomic E-state index is 12.3. The molecule has 1 heterocycles. The van der Waals surface area contributed by atoms with E-state index < -0.39 is 0 Å². The van der Waals surface area contributed by atoms with Crippen molar-refractivity contribution in [3.05, 3.63) is 65.7 Å². The highest BCUT2D eigenvalue weighted by Crippen LogP contribution is 2.28. The Kier molecular flexibility index (Phi) is 5.14. The highest BCUT2D eigenvalue weighted by Gasteiger charge is 2.21. The van der Waals surface area contributed by atoms with Crippen LogP contribution in [0.2, 0.25) is 5.02 Å². The minimum absolute atomic E-state index is 0.153. The first-order chi connectivity index (χ1) is 12.3. The lowest BCUT2D eigenvalue weighted by molar-refractivity contribution is -0.136. The van der Waals surface area contributed by atoms with Crippen LogP contribution in [-0.4, -0.2) is 15.7 Å². The lowest BCUT2D eigenvalue weighted by atomic mass is 9.92. The minimum atomic E-state index is -0.291. The summed E-state index contributed by atoms with van der Waals surface area (Å²) in [5.74, 6) is 0.0839. The fraction of sp³-hybridized carbons (Fsp3) is 0.238. The van der Waals surface area contributed by atoms with Crippen LogP contribution in [-0.2, 0) is 4.79 Å². The molecule has 1 aromatic heterocycles. The van der Waals surface area contributed by atoms with Crippen LogP contribution in [0.5, 0.6) is 5.88 Å². The van der Waals surface area contributed by atoms with Gasteiger partial charge in [0.1, 0.15) is 0 Å². The van der Waals surface area contributed by atoms with Crippen molar-refractivity contribution in [2.45, 2.75) is 27.2 Å². The highest BCUT2D eigenvalue weighted by molar-refractivity contribution is 6.30. The van der Waals surface area contributed by atoms with Gasteiger partial charge in [-0.15, -0.1) is 0 Å². The number of ether oxygens (including phenoxy) is 1. The topological polar surface area (TPSA) is 44.1 Å². The summed E-state index contributed by atoms with van der Waals surface area (Å²) in [6.07, 6.45) is 0.314. The van der Waals surface area contributed by atoms with Gasteiger partial charge in [-0.3, -0.25) is 4.79 Å². The Morgan fingerprint density at radius 2 is 1.81 bits per heavy atom. The standard InChI is InChI=1S/C21H21ClN2O2/c1-21(2,3)14-20(25)26-19-13-18(15-8-5-4-6-9-15)23-24(19)17-11-7-10-16(22)12-17/h4-13H,14H2,1-3H3. The first kappa shape index (κ1) is 18.2. The number of nitrogens with zero attached hydrogens (tertiary/aromatic N) is 2.